The number of ether oxygens (including phenoxy) is 1. The highest BCUT2D eigenvalue weighted by atomic mass is 35.5. The van der Waals surface area contributed by atoms with Crippen LogP contribution in [0.2, 0.25) is 5.02 Å². The van der Waals surface area contributed by atoms with Gasteiger partial charge in [0, 0.05) is 24.3 Å². The van der Waals surface area contributed by atoms with Crippen LogP contribution in [0, 0.1) is 5.82 Å². The summed E-state index contributed by atoms with van der Waals surface area (Å²) in [5, 5.41) is 9.99. The molecule has 2 heterocycles. The van der Waals surface area contributed by atoms with E-state index in [2.05, 4.69) is 4.98 Å². The lowest BCUT2D eigenvalue weighted by atomic mass is 10.1. The monoisotopic (exact) mass is 362 g/mol. The minimum atomic E-state index is -1.10. The zero-order chi connectivity index (χ0) is 18.1. The molecule has 1 N–H and O–H groups in total. The molecule has 130 valence electrons. The lowest BCUT2D eigenvalue weighted by Crippen LogP contribution is -2.11. The van der Waals surface area contributed by atoms with Gasteiger partial charge in [-0.2, -0.15) is 0 Å². The first kappa shape index (κ1) is 17.4. The normalized spacial score (nSPS) is 12.5. The maximum absolute atomic E-state index is 13.9. The van der Waals surface area contributed by atoms with Crippen molar-refractivity contribution < 1.29 is 19.0 Å². The van der Waals surface area contributed by atoms with Crippen LogP contribution in [0.1, 0.15) is 23.5 Å². The molecule has 0 aliphatic rings. The van der Waals surface area contributed by atoms with Crippen LogP contribution in [0.25, 0.3) is 22.2 Å². The summed E-state index contributed by atoms with van der Waals surface area (Å²) in [6.07, 6.45) is 1.83. The summed E-state index contributed by atoms with van der Waals surface area (Å²) in [5.41, 5.74) is 1.85. The molecule has 0 radical (unpaired) electrons. The number of carboxylic acid groups (broad SMARTS) is 1. The van der Waals surface area contributed by atoms with Crippen molar-refractivity contribution in [1.82, 2.24) is 9.55 Å². The van der Waals surface area contributed by atoms with Crippen LogP contribution >= 0.6 is 11.6 Å². The molecule has 0 spiro atoms. The molecule has 0 aliphatic heterocycles. The number of pyridine rings is 1. The predicted octanol–water partition coefficient (Wildman–Crippen LogP) is 4.40. The molecule has 2 aromatic heterocycles. The maximum Gasteiger partial charge on any atom is 0.354 e. The first-order valence-electron chi connectivity index (χ1n) is 7.61. The highest BCUT2D eigenvalue weighted by Crippen LogP contribution is 2.33. The molecule has 1 atom stereocenters. The van der Waals surface area contributed by atoms with E-state index in [1.807, 2.05) is 17.7 Å². The van der Waals surface area contributed by atoms with Crippen LogP contribution in [-0.4, -0.2) is 34.3 Å². The number of hydrogen-bond donors (Lipinski definition) is 1. The summed E-state index contributed by atoms with van der Waals surface area (Å²) in [6.45, 7) is 2.36. The number of aromatic carboxylic acids is 1. The Morgan fingerprint density at radius 1 is 1.40 bits per heavy atom. The third kappa shape index (κ3) is 3.23. The predicted molar refractivity (Wildman–Crippen MR) is 93.7 cm³/mol. The fourth-order valence-electron chi connectivity index (χ4n) is 2.80. The Hall–Kier alpha value is -2.44. The minimum absolute atomic E-state index is 0.0477. The van der Waals surface area contributed by atoms with Gasteiger partial charge in [0.05, 0.1) is 17.7 Å². The number of nitrogens with zero attached hydrogens (tertiary/aromatic N) is 2. The van der Waals surface area contributed by atoms with E-state index in [1.165, 1.54) is 18.2 Å². The topological polar surface area (TPSA) is 64.3 Å². The minimum Gasteiger partial charge on any atom is -0.477 e. The summed E-state index contributed by atoms with van der Waals surface area (Å²) in [7, 11) is 1.59. The molecule has 0 saturated heterocycles. The van der Waals surface area contributed by atoms with Crippen LogP contribution in [0.4, 0.5) is 4.39 Å². The van der Waals surface area contributed by atoms with Gasteiger partial charge in [-0.15, -0.1) is 0 Å². The van der Waals surface area contributed by atoms with Crippen LogP contribution in [-0.2, 0) is 4.74 Å². The van der Waals surface area contributed by atoms with Gasteiger partial charge in [0.15, 0.2) is 5.69 Å². The van der Waals surface area contributed by atoms with Gasteiger partial charge in [-0.25, -0.2) is 14.2 Å². The van der Waals surface area contributed by atoms with Crippen molar-refractivity contribution in [2.24, 2.45) is 0 Å². The zero-order valence-electron chi connectivity index (χ0n) is 13.7. The molecule has 0 unspecified atom stereocenters. The number of methoxy groups -OCH3 is 1. The van der Waals surface area contributed by atoms with E-state index < -0.39 is 11.8 Å². The number of halogens is 2. The summed E-state index contributed by atoms with van der Waals surface area (Å²) < 4.78 is 20.9. The van der Waals surface area contributed by atoms with E-state index in [9.17, 15) is 14.3 Å². The second-order valence-electron chi connectivity index (χ2n) is 5.76. The van der Waals surface area contributed by atoms with Gasteiger partial charge < -0.3 is 14.4 Å². The number of fused-ring (bicyclic) bond motifs is 1. The van der Waals surface area contributed by atoms with Crippen LogP contribution in [0.15, 0.2) is 36.5 Å². The highest BCUT2D eigenvalue weighted by molar-refractivity contribution is 6.30. The largest absolute Gasteiger partial charge is 0.477 e. The second kappa shape index (κ2) is 6.82. The van der Waals surface area contributed by atoms with E-state index in [0.29, 0.717) is 17.8 Å². The molecule has 5 nitrogen and oxygen atoms in total. The molecule has 0 bridgehead atoms. The number of hydrogen-bond acceptors (Lipinski definition) is 3. The second-order valence-corrected chi connectivity index (χ2v) is 6.16. The molecule has 7 heteroatoms. The van der Waals surface area contributed by atoms with Gasteiger partial charge in [-0.05, 0) is 36.8 Å². The summed E-state index contributed by atoms with van der Waals surface area (Å²) >= 11 is 5.76. The van der Waals surface area contributed by atoms with Gasteiger partial charge in [0.1, 0.15) is 11.5 Å². The first-order chi connectivity index (χ1) is 11.9. The Labute approximate surface area is 148 Å². The Balaban J connectivity index is 2.25. The lowest BCUT2D eigenvalue weighted by molar-refractivity contribution is 0.0691. The molecule has 3 rings (SSSR count). The van der Waals surface area contributed by atoms with E-state index >= 15 is 0 Å². The molecule has 3 aromatic rings. The van der Waals surface area contributed by atoms with E-state index in [-0.39, 0.29) is 16.8 Å². The van der Waals surface area contributed by atoms with E-state index in [1.54, 1.807) is 19.2 Å². The zero-order valence-corrected chi connectivity index (χ0v) is 14.4. The van der Waals surface area contributed by atoms with Crippen LogP contribution < -0.4 is 0 Å². The number of carboxylic acids is 1. The lowest BCUT2D eigenvalue weighted by Gasteiger charge is -2.13. The van der Waals surface area contributed by atoms with Crippen molar-refractivity contribution in [2.75, 3.05) is 13.7 Å². The molecule has 1 aromatic carbocycles. The third-order valence-electron chi connectivity index (χ3n) is 4.01. The average Bonchev–Trinajstić information content (AvgIpc) is 2.96. The van der Waals surface area contributed by atoms with Crippen molar-refractivity contribution in [2.45, 2.75) is 13.0 Å². The third-order valence-corrected chi connectivity index (χ3v) is 4.32. The SMILES string of the molecule is COC[C@H](C)n1cc(-c2ccc(Cl)c(F)c2)c2ccc(C(=O)O)nc21. The van der Waals surface area contributed by atoms with Crippen LogP contribution in [0.3, 0.4) is 0 Å². The quantitative estimate of drug-likeness (QED) is 0.730. The summed E-state index contributed by atoms with van der Waals surface area (Å²) in [6, 6.07) is 7.61. The van der Waals surface area contributed by atoms with Crippen molar-refractivity contribution in [3.05, 3.63) is 53.1 Å². The smallest absolute Gasteiger partial charge is 0.354 e. The van der Waals surface area contributed by atoms with Gasteiger partial charge in [0.25, 0.3) is 0 Å². The number of aromatic nitrogens is 2. The fraction of sp³-hybridized carbons (Fsp3) is 0.222. The van der Waals surface area contributed by atoms with Crippen molar-refractivity contribution in [3.63, 3.8) is 0 Å². The summed E-state index contributed by atoms with van der Waals surface area (Å²) in [4.78, 5) is 15.5. The van der Waals surface area contributed by atoms with Crippen LogP contribution in [0.5, 0.6) is 0 Å². The molecule has 0 saturated carbocycles. The molecular formula is C18H16ClFN2O3. The maximum atomic E-state index is 13.9. The number of benzene rings is 1. The first-order valence-corrected chi connectivity index (χ1v) is 7.99. The van der Waals surface area contributed by atoms with Crippen molar-refractivity contribution >= 4 is 28.6 Å². The summed E-state index contributed by atoms with van der Waals surface area (Å²) in [5.74, 6) is -1.62. The molecule has 0 aliphatic carbocycles. The van der Waals surface area contributed by atoms with Crippen molar-refractivity contribution in [3.8, 4) is 11.1 Å². The Kier molecular flexibility index (Phi) is 4.74. The number of carbonyl (C=O) groups is 1. The standard InChI is InChI=1S/C18H16ClFN2O3/c1-10(9-25-2)22-8-13(11-3-5-14(19)15(20)7-11)12-4-6-16(18(23)24)21-17(12)22/h3-8,10H,9H2,1-2H3,(H,23,24)/t10-/m0/s1. The molecular weight excluding hydrogens is 347 g/mol. The van der Waals surface area contributed by atoms with E-state index in [4.69, 9.17) is 16.3 Å². The van der Waals surface area contributed by atoms with Gasteiger partial charge in [-0.3, -0.25) is 0 Å². The molecule has 0 fully saturated rings. The van der Waals surface area contributed by atoms with Gasteiger partial charge in [-0.1, -0.05) is 17.7 Å². The molecule has 25 heavy (non-hydrogen) atoms. The fourth-order valence-corrected chi connectivity index (χ4v) is 2.91. The Morgan fingerprint density at radius 2 is 2.16 bits per heavy atom. The van der Waals surface area contributed by atoms with Crippen molar-refractivity contribution in [1.29, 1.82) is 0 Å². The van der Waals surface area contributed by atoms with Gasteiger partial charge >= 0.3 is 5.97 Å². The Bertz CT molecular complexity index is 955. The Morgan fingerprint density at radius 3 is 2.80 bits per heavy atom. The van der Waals surface area contributed by atoms with E-state index in [0.717, 1.165) is 10.9 Å². The average molecular weight is 363 g/mol. The number of rotatable bonds is 5. The highest BCUT2D eigenvalue weighted by Gasteiger charge is 2.18. The van der Waals surface area contributed by atoms with Gasteiger partial charge in [0.2, 0.25) is 0 Å². The molecule has 0 amide bonds.